The van der Waals surface area contributed by atoms with Crippen molar-refractivity contribution < 1.29 is 23.1 Å². The van der Waals surface area contributed by atoms with Crippen molar-refractivity contribution in [2.75, 3.05) is 30.3 Å². The van der Waals surface area contributed by atoms with Gasteiger partial charge in [-0.05, 0) is 31.4 Å². The number of amides is 1. The zero-order valence-corrected chi connectivity index (χ0v) is 15.6. The number of hydrogen-bond donors (Lipinski definition) is 2. The summed E-state index contributed by atoms with van der Waals surface area (Å²) < 4.78 is 25.8. The zero-order chi connectivity index (χ0) is 17.8. The van der Waals surface area contributed by atoms with Gasteiger partial charge in [0, 0.05) is 24.8 Å². The molecule has 138 valence electrons. The molecule has 0 aliphatic carbocycles. The van der Waals surface area contributed by atoms with Gasteiger partial charge in [0.1, 0.15) is 5.54 Å². The molecule has 0 bridgehead atoms. The Labute approximate surface area is 147 Å². The highest BCUT2D eigenvalue weighted by Crippen LogP contribution is 2.29. The van der Waals surface area contributed by atoms with Gasteiger partial charge in [-0.15, -0.1) is 0 Å². The topological polar surface area (TPSA) is 104 Å². The minimum atomic E-state index is -3.24. The molecule has 2 heterocycles. The zero-order valence-electron chi connectivity index (χ0n) is 14.0. The highest BCUT2D eigenvalue weighted by molar-refractivity contribution is 7.99. The number of carbonyl (C=O) groups is 2. The Morgan fingerprint density at radius 2 is 2.00 bits per heavy atom. The Kier molecular flexibility index (Phi) is 6.55. The van der Waals surface area contributed by atoms with Gasteiger partial charge in [-0.2, -0.15) is 11.8 Å². The van der Waals surface area contributed by atoms with E-state index >= 15 is 0 Å². The van der Waals surface area contributed by atoms with Crippen molar-refractivity contribution in [2.45, 2.75) is 44.6 Å². The average molecular weight is 379 g/mol. The first-order chi connectivity index (χ1) is 11.3. The van der Waals surface area contributed by atoms with Crippen LogP contribution in [0.25, 0.3) is 0 Å². The van der Waals surface area contributed by atoms with E-state index in [9.17, 15) is 23.1 Å². The molecule has 2 aliphatic heterocycles. The molecule has 2 aliphatic rings. The summed E-state index contributed by atoms with van der Waals surface area (Å²) in [5, 5.41) is 12.1. The highest BCUT2D eigenvalue weighted by Gasteiger charge is 2.44. The van der Waals surface area contributed by atoms with E-state index in [0.29, 0.717) is 44.5 Å². The number of piperidine rings is 1. The SMILES string of the molecule is CCCCS(=O)(=O)N1CCC(C(=O)NC2(C(=O)O)CCSC2)CC1. The predicted molar refractivity (Wildman–Crippen MR) is 93.4 cm³/mol. The highest BCUT2D eigenvalue weighted by atomic mass is 32.2. The van der Waals surface area contributed by atoms with Crippen LogP contribution in [-0.4, -0.2) is 65.6 Å². The van der Waals surface area contributed by atoms with Crippen LogP contribution in [0.5, 0.6) is 0 Å². The molecule has 0 radical (unpaired) electrons. The molecule has 1 amide bonds. The number of hydrogen-bond acceptors (Lipinski definition) is 5. The Morgan fingerprint density at radius 1 is 1.33 bits per heavy atom. The molecule has 0 aromatic rings. The molecule has 0 aromatic carbocycles. The number of carboxylic acids is 1. The number of carbonyl (C=O) groups excluding carboxylic acids is 1. The van der Waals surface area contributed by atoms with Crippen molar-refractivity contribution in [3.05, 3.63) is 0 Å². The summed E-state index contributed by atoms with van der Waals surface area (Å²) in [7, 11) is -3.24. The number of nitrogens with zero attached hydrogens (tertiary/aromatic N) is 1. The lowest BCUT2D eigenvalue weighted by molar-refractivity contribution is -0.147. The van der Waals surface area contributed by atoms with Gasteiger partial charge in [0.15, 0.2) is 0 Å². The van der Waals surface area contributed by atoms with Crippen LogP contribution in [0.1, 0.15) is 39.0 Å². The molecule has 2 fully saturated rings. The smallest absolute Gasteiger partial charge is 0.330 e. The summed E-state index contributed by atoms with van der Waals surface area (Å²) in [5.41, 5.74) is -1.16. The molecule has 1 unspecified atom stereocenters. The van der Waals surface area contributed by atoms with E-state index < -0.39 is 21.5 Å². The van der Waals surface area contributed by atoms with E-state index in [1.807, 2.05) is 6.92 Å². The van der Waals surface area contributed by atoms with E-state index in [1.165, 1.54) is 16.1 Å². The van der Waals surface area contributed by atoms with Crippen LogP contribution in [0.2, 0.25) is 0 Å². The van der Waals surface area contributed by atoms with E-state index in [0.717, 1.165) is 12.2 Å². The maximum atomic E-state index is 12.4. The van der Waals surface area contributed by atoms with Gasteiger partial charge in [0.25, 0.3) is 0 Å². The monoisotopic (exact) mass is 378 g/mol. The third kappa shape index (κ3) is 4.43. The summed E-state index contributed by atoms with van der Waals surface area (Å²) in [6, 6.07) is 0. The summed E-state index contributed by atoms with van der Waals surface area (Å²) in [6.45, 7) is 2.61. The van der Waals surface area contributed by atoms with Crippen molar-refractivity contribution in [1.29, 1.82) is 0 Å². The Balaban J connectivity index is 1.90. The molecule has 0 spiro atoms. The number of nitrogens with one attached hydrogen (secondary N) is 1. The third-order valence-corrected chi connectivity index (χ3v) is 7.91. The molecule has 2 rings (SSSR count). The fourth-order valence-corrected chi connectivity index (χ4v) is 6.08. The molecule has 0 aromatic heterocycles. The van der Waals surface area contributed by atoms with Crippen molar-refractivity contribution in [1.82, 2.24) is 9.62 Å². The molecule has 0 saturated carbocycles. The van der Waals surface area contributed by atoms with Gasteiger partial charge in [0.2, 0.25) is 15.9 Å². The second-order valence-electron chi connectivity index (χ2n) is 6.52. The molecule has 24 heavy (non-hydrogen) atoms. The summed E-state index contributed by atoms with van der Waals surface area (Å²) in [6.07, 6.45) is 2.79. The second kappa shape index (κ2) is 8.05. The van der Waals surface area contributed by atoms with Crippen LogP contribution in [-0.2, 0) is 19.6 Å². The largest absolute Gasteiger partial charge is 0.479 e. The summed E-state index contributed by atoms with van der Waals surface area (Å²) in [4.78, 5) is 24.0. The van der Waals surface area contributed by atoms with Crippen LogP contribution < -0.4 is 5.32 Å². The number of thioether (sulfide) groups is 1. The lowest BCUT2D eigenvalue weighted by Crippen LogP contribution is -2.57. The predicted octanol–water partition coefficient (Wildman–Crippen LogP) is 0.905. The lowest BCUT2D eigenvalue weighted by atomic mass is 9.93. The van der Waals surface area contributed by atoms with Gasteiger partial charge < -0.3 is 10.4 Å². The van der Waals surface area contributed by atoms with Gasteiger partial charge in [-0.3, -0.25) is 4.79 Å². The van der Waals surface area contributed by atoms with Crippen LogP contribution in [0.3, 0.4) is 0 Å². The van der Waals surface area contributed by atoms with Gasteiger partial charge >= 0.3 is 5.97 Å². The van der Waals surface area contributed by atoms with Crippen LogP contribution in [0.4, 0.5) is 0 Å². The van der Waals surface area contributed by atoms with E-state index in [1.54, 1.807) is 0 Å². The average Bonchev–Trinajstić information content (AvgIpc) is 3.03. The first-order valence-electron chi connectivity index (χ1n) is 8.42. The van der Waals surface area contributed by atoms with Crippen molar-refractivity contribution in [3.8, 4) is 0 Å². The number of carboxylic acid groups (broad SMARTS) is 1. The lowest BCUT2D eigenvalue weighted by Gasteiger charge is -2.33. The number of sulfonamides is 1. The fourth-order valence-electron chi connectivity index (χ4n) is 3.08. The second-order valence-corrected chi connectivity index (χ2v) is 9.72. The van der Waals surface area contributed by atoms with Crippen LogP contribution in [0.15, 0.2) is 0 Å². The summed E-state index contributed by atoms with van der Waals surface area (Å²) in [5.74, 6) is -0.297. The van der Waals surface area contributed by atoms with Crippen molar-refractivity contribution in [2.24, 2.45) is 5.92 Å². The number of rotatable bonds is 7. The maximum absolute atomic E-state index is 12.4. The first-order valence-corrected chi connectivity index (χ1v) is 11.2. The number of unbranched alkanes of at least 4 members (excludes halogenated alkanes) is 1. The van der Waals surface area contributed by atoms with Gasteiger partial charge in [0.05, 0.1) is 5.75 Å². The van der Waals surface area contributed by atoms with Crippen LogP contribution >= 0.6 is 11.8 Å². The Morgan fingerprint density at radius 3 is 2.50 bits per heavy atom. The minimum absolute atomic E-state index is 0.152. The molecular weight excluding hydrogens is 352 g/mol. The normalized spacial score (nSPS) is 26.4. The van der Waals surface area contributed by atoms with Crippen molar-refractivity contribution >= 4 is 33.7 Å². The molecular formula is C15H26N2O5S2. The molecule has 9 heteroatoms. The summed E-state index contributed by atoms with van der Waals surface area (Å²) >= 11 is 1.53. The van der Waals surface area contributed by atoms with E-state index in [2.05, 4.69) is 5.32 Å². The standard InChI is InChI=1S/C15H26N2O5S2/c1-2-3-10-24(21,22)17-7-4-12(5-8-17)13(18)16-15(14(19)20)6-9-23-11-15/h12H,2-11H2,1H3,(H,16,18)(H,19,20). The molecule has 2 saturated heterocycles. The Bertz CT molecular complexity index is 564. The minimum Gasteiger partial charge on any atom is -0.479 e. The van der Waals surface area contributed by atoms with Crippen LogP contribution in [0, 0.1) is 5.92 Å². The van der Waals surface area contributed by atoms with Crippen molar-refractivity contribution in [3.63, 3.8) is 0 Å². The molecule has 2 N–H and O–H groups in total. The molecule has 7 nitrogen and oxygen atoms in total. The first kappa shape index (κ1) is 19.5. The fraction of sp³-hybridized carbons (Fsp3) is 0.867. The van der Waals surface area contributed by atoms with Gasteiger partial charge in [-0.1, -0.05) is 13.3 Å². The third-order valence-electron chi connectivity index (χ3n) is 4.77. The molecule has 1 atom stereocenters. The maximum Gasteiger partial charge on any atom is 0.330 e. The Hall–Kier alpha value is -0.800. The van der Waals surface area contributed by atoms with Gasteiger partial charge in [-0.25, -0.2) is 17.5 Å². The number of aliphatic carboxylic acids is 1. The van der Waals surface area contributed by atoms with E-state index in [-0.39, 0.29) is 17.6 Å². The van der Waals surface area contributed by atoms with E-state index in [4.69, 9.17) is 0 Å². The quantitative estimate of drug-likeness (QED) is 0.682.